The molecule has 3 rings (SSSR count). The van der Waals surface area contributed by atoms with Crippen molar-refractivity contribution in [1.82, 2.24) is 5.32 Å². The number of aryl methyl sites for hydroxylation is 1. The average Bonchev–Trinajstić information content (AvgIpc) is 3.06. The molecule has 17 heavy (non-hydrogen) atoms. The minimum absolute atomic E-state index is 0.616. The van der Waals surface area contributed by atoms with Crippen molar-refractivity contribution in [2.75, 3.05) is 0 Å². The Balaban J connectivity index is 2.03. The molecule has 90 valence electrons. The summed E-state index contributed by atoms with van der Waals surface area (Å²) in [7, 11) is 0. The molecule has 0 radical (unpaired) electrons. The van der Waals surface area contributed by atoms with E-state index in [1.165, 1.54) is 12.8 Å². The lowest BCUT2D eigenvalue weighted by Crippen LogP contribution is -2.15. The minimum Gasteiger partial charge on any atom is -0.458 e. The second-order valence-corrected chi connectivity index (χ2v) is 5.35. The molecule has 2 aromatic rings. The molecular formula is C13H13Cl2NO. The molecular weight excluding hydrogens is 257 g/mol. The van der Waals surface area contributed by atoms with Crippen molar-refractivity contribution in [1.29, 1.82) is 0 Å². The third-order valence-electron chi connectivity index (χ3n) is 3.21. The fourth-order valence-electron chi connectivity index (χ4n) is 2.01. The van der Waals surface area contributed by atoms with Gasteiger partial charge in [0, 0.05) is 17.0 Å². The minimum atomic E-state index is 0.616. The second kappa shape index (κ2) is 4.20. The Labute approximate surface area is 110 Å². The Bertz CT molecular complexity index is 572. The quantitative estimate of drug-likeness (QED) is 0.899. The van der Waals surface area contributed by atoms with E-state index in [0.717, 1.165) is 23.3 Å². The third-order valence-corrected chi connectivity index (χ3v) is 3.82. The normalized spacial score (nSPS) is 15.7. The van der Waals surface area contributed by atoms with Crippen LogP contribution >= 0.6 is 23.2 Å². The molecule has 4 heteroatoms. The Morgan fingerprint density at radius 2 is 2.00 bits per heavy atom. The summed E-state index contributed by atoms with van der Waals surface area (Å²) < 4.78 is 5.81. The summed E-state index contributed by atoms with van der Waals surface area (Å²) >= 11 is 12.3. The van der Waals surface area contributed by atoms with Crippen LogP contribution in [0.3, 0.4) is 0 Å². The van der Waals surface area contributed by atoms with Gasteiger partial charge in [-0.25, -0.2) is 0 Å². The first-order chi connectivity index (χ1) is 8.16. The first-order valence-electron chi connectivity index (χ1n) is 5.76. The van der Waals surface area contributed by atoms with Crippen LogP contribution in [0.5, 0.6) is 0 Å². The first-order valence-corrected chi connectivity index (χ1v) is 6.52. The summed E-state index contributed by atoms with van der Waals surface area (Å²) in [4.78, 5) is 0. The van der Waals surface area contributed by atoms with E-state index in [9.17, 15) is 0 Å². The molecule has 1 fully saturated rings. The van der Waals surface area contributed by atoms with Gasteiger partial charge in [-0.3, -0.25) is 0 Å². The fourth-order valence-corrected chi connectivity index (χ4v) is 2.50. The van der Waals surface area contributed by atoms with Crippen LogP contribution in [0.15, 0.2) is 16.5 Å². The van der Waals surface area contributed by atoms with Crippen molar-refractivity contribution in [3.8, 4) is 0 Å². The third kappa shape index (κ3) is 2.05. The Morgan fingerprint density at radius 1 is 1.29 bits per heavy atom. The fraction of sp³-hybridized carbons (Fsp3) is 0.385. The van der Waals surface area contributed by atoms with Crippen molar-refractivity contribution in [3.63, 3.8) is 0 Å². The summed E-state index contributed by atoms with van der Waals surface area (Å²) in [5.74, 6) is 0.932. The number of hydrogen-bond acceptors (Lipinski definition) is 2. The van der Waals surface area contributed by atoms with Gasteiger partial charge >= 0.3 is 0 Å². The molecule has 1 aromatic carbocycles. The summed E-state index contributed by atoms with van der Waals surface area (Å²) in [6, 6.07) is 4.24. The van der Waals surface area contributed by atoms with Gasteiger partial charge in [-0.1, -0.05) is 23.2 Å². The van der Waals surface area contributed by atoms with Crippen molar-refractivity contribution in [3.05, 3.63) is 33.5 Å². The lowest BCUT2D eigenvalue weighted by atomic mass is 10.1. The van der Waals surface area contributed by atoms with Crippen LogP contribution in [-0.4, -0.2) is 6.04 Å². The number of furan rings is 1. The highest BCUT2D eigenvalue weighted by atomic mass is 35.5. The molecule has 0 spiro atoms. The number of hydrogen-bond donors (Lipinski definition) is 1. The molecule has 0 bridgehead atoms. The maximum Gasteiger partial charge on any atom is 0.154 e. The second-order valence-electron chi connectivity index (χ2n) is 4.54. The highest BCUT2D eigenvalue weighted by molar-refractivity contribution is 6.40. The smallest absolute Gasteiger partial charge is 0.154 e. The van der Waals surface area contributed by atoms with Gasteiger partial charge in [0.2, 0.25) is 0 Å². The van der Waals surface area contributed by atoms with E-state index in [0.29, 0.717) is 21.7 Å². The van der Waals surface area contributed by atoms with Crippen LogP contribution in [0.4, 0.5) is 0 Å². The predicted molar refractivity (Wildman–Crippen MR) is 70.8 cm³/mol. The number of halogens is 2. The summed E-state index contributed by atoms with van der Waals surface area (Å²) in [6.07, 6.45) is 2.53. The van der Waals surface area contributed by atoms with Crippen LogP contribution in [0.25, 0.3) is 11.0 Å². The van der Waals surface area contributed by atoms with Crippen molar-refractivity contribution in [2.24, 2.45) is 0 Å². The molecule has 0 amide bonds. The summed E-state index contributed by atoms with van der Waals surface area (Å²) in [6.45, 7) is 2.77. The molecule has 1 aliphatic rings. The Morgan fingerprint density at radius 3 is 2.65 bits per heavy atom. The van der Waals surface area contributed by atoms with Gasteiger partial charge in [0.05, 0.1) is 16.6 Å². The molecule has 0 saturated heterocycles. The van der Waals surface area contributed by atoms with E-state index in [4.69, 9.17) is 27.6 Å². The number of nitrogens with one attached hydrogen (secondary N) is 1. The molecule has 0 atom stereocenters. The topological polar surface area (TPSA) is 25.2 Å². The van der Waals surface area contributed by atoms with Gasteiger partial charge in [0.25, 0.3) is 0 Å². The first kappa shape index (κ1) is 11.4. The van der Waals surface area contributed by atoms with Crippen molar-refractivity contribution < 1.29 is 4.42 Å². The summed E-state index contributed by atoms with van der Waals surface area (Å²) in [5, 5.41) is 5.68. The van der Waals surface area contributed by atoms with Crippen LogP contribution in [0.1, 0.15) is 24.2 Å². The highest BCUT2D eigenvalue weighted by Crippen LogP contribution is 2.36. The van der Waals surface area contributed by atoms with Gasteiger partial charge in [0.15, 0.2) is 5.58 Å². The van der Waals surface area contributed by atoms with Gasteiger partial charge in [-0.05, 0) is 31.9 Å². The lowest BCUT2D eigenvalue weighted by molar-refractivity contribution is 0.509. The number of rotatable bonds is 3. The maximum atomic E-state index is 6.18. The molecule has 1 aromatic heterocycles. The molecule has 1 aliphatic carbocycles. The standard InChI is InChI=1S/C13H13Cl2NO/c1-7-11(6-16-8-2-3-8)17-13-10(15)5-4-9(14)12(7)13/h4-5,8,16H,2-3,6H2,1H3. The zero-order chi connectivity index (χ0) is 12.0. The van der Waals surface area contributed by atoms with E-state index in [1.54, 1.807) is 6.07 Å². The summed E-state index contributed by atoms with van der Waals surface area (Å²) in [5.41, 5.74) is 1.78. The van der Waals surface area contributed by atoms with Crippen molar-refractivity contribution in [2.45, 2.75) is 32.4 Å². The van der Waals surface area contributed by atoms with Gasteiger partial charge in [-0.2, -0.15) is 0 Å². The number of benzene rings is 1. The van der Waals surface area contributed by atoms with Crippen molar-refractivity contribution >= 4 is 34.2 Å². The SMILES string of the molecule is Cc1c(CNC2CC2)oc2c(Cl)ccc(Cl)c12. The molecule has 1 saturated carbocycles. The molecule has 1 heterocycles. The van der Waals surface area contributed by atoms with Crippen LogP contribution in [0, 0.1) is 6.92 Å². The predicted octanol–water partition coefficient (Wildman–Crippen LogP) is 4.30. The highest BCUT2D eigenvalue weighted by Gasteiger charge is 2.22. The average molecular weight is 270 g/mol. The molecule has 0 aliphatic heterocycles. The van der Waals surface area contributed by atoms with E-state index in [1.807, 2.05) is 13.0 Å². The zero-order valence-electron chi connectivity index (χ0n) is 9.52. The van der Waals surface area contributed by atoms with Crippen LogP contribution in [-0.2, 0) is 6.54 Å². The van der Waals surface area contributed by atoms with Gasteiger partial charge in [-0.15, -0.1) is 0 Å². The van der Waals surface area contributed by atoms with E-state index in [2.05, 4.69) is 5.32 Å². The lowest BCUT2D eigenvalue weighted by Gasteiger charge is -1.99. The largest absolute Gasteiger partial charge is 0.458 e. The maximum absolute atomic E-state index is 6.18. The van der Waals surface area contributed by atoms with Gasteiger partial charge < -0.3 is 9.73 Å². The van der Waals surface area contributed by atoms with Crippen LogP contribution in [0.2, 0.25) is 10.0 Å². The number of fused-ring (bicyclic) bond motifs is 1. The van der Waals surface area contributed by atoms with E-state index in [-0.39, 0.29) is 0 Å². The zero-order valence-corrected chi connectivity index (χ0v) is 11.0. The molecule has 2 nitrogen and oxygen atoms in total. The van der Waals surface area contributed by atoms with E-state index >= 15 is 0 Å². The Hall–Kier alpha value is -0.700. The monoisotopic (exact) mass is 269 g/mol. The molecule has 0 unspecified atom stereocenters. The molecule has 1 N–H and O–H groups in total. The van der Waals surface area contributed by atoms with Crippen LogP contribution < -0.4 is 5.32 Å². The van der Waals surface area contributed by atoms with Gasteiger partial charge in [0.1, 0.15) is 5.76 Å². The Kier molecular flexibility index (Phi) is 2.81. The van der Waals surface area contributed by atoms with E-state index < -0.39 is 0 Å².